The highest BCUT2D eigenvalue weighted by atomic mass is 16.5. The summed E-state index contributed by atoms with van der Waals surface area (Å²) in [6.07, 6.45) is 0. The van der Waals surface area contributed by atoms with E-state index in [9.17, 15) is 0 Å². The topological polar surface area (TPSA) is 71.9 Å². The van der Waals surface area contributed by atoms with Gasteiger partial charge in [0, 0.05) is 17.8 Å². The van der Waals surface area contributed by atoms with Gasteiger partial charge in [-0.1, -0.05) is 5.16 Å². The van der Waals surface area contributed by atoms with E-state index in [0.717, 1.165) is 11.5 Å². The quantitative estimate of drug-likeness (QED) is 0.827. The van der Waals surface area contributed by atoms with Crippen molar-refractivity contribution in [3.63, 3.8) is 0 Å². The van der Waals surface area contributed by atoms with Crippen LogP contribution in [0.25, 0.3) is 0 Å². The number of nitriles is 1. The van der Waals surface area contributed by atoms with E-state index < -0.39 is 0 Å². The molecule has 0 aromatic carbocycles. The maximum Gasteiger partial charge on any atom is 0.141 e. The Bertz CT molecular complexity index is 611. The minimum atomic E-state index is 0.273. The molecule has 0 aliphatic heterocycles. The monoisotopic (exact) mass is 243 g/mol. The Morgan fingerprint density at radius 3 is 2.72 bits per heavy atom. The Morgan fingerprint density at radius 2 is 2.11 bits per heavy atom. The third-order valence-corrected chi connectivity index (χ3v) is 2.46. The van der Waals surface area contributed by atoms with Crippen LogP contribution in [0.1, 0.15) is 28.4 Å². The van der Waals surface area contributed by atoms with Crippen LogP contribution >= 0.6 is 0 Å². The van der Waals surface area contributed by atoms with Crippen molar-refractivity contribution in [3.05, 3.63) is 40.5 Å². The fourth-order valence-corrected chi connectivity index (χ4v) is 1.68. The van der Waals surface area contributed by atoms with Gasteiger partial charge in [-0.25, -0.2) is 0 Å². The molecule has 0 fully saturated rings. The molecule has 5 nitrogen and oxygen atoms in total. The van der Waals surface area contributed by atoms with E-state index in [0.29, 0.717) is 22.7 Å². The zero-order valence-corrected chi connectivity index (χ0v) is 10.5. The first-order chi connectivity index (χ1) is 8.60. The number of aryl methyl sites for hydroxylation is 3. The first-order valence-corrected chi connectivity index (χ1v) is 5.53. The van der Waals surface area contributed by atoms with Gasteiger partial charge < -0.3 is 9.26 Å². The second-order valence-electron chi connectivity index (χ2n) is 4.05. The van der Waals surface area contributed by atoms with Crippen LogP contribution in [0.2, 0.25) is 0 Å². The van der Waals surface area contributed by atoms with Gasteiger partial charge >= 0.3 is 0 Å². The fraction of sp³-hybridized carbons (Fsp3) is 0.308. The van der Waals surface area contributed by atoms with Crippen LogP contribution in [0.5, 0.6) is 5.75 Å². The summed E-state index contributed by atoms with van der Waals surface area (Å²) in [6, 6.07) is 5.65. The number of rotatable bonds is 3. The standard InChI is InChI=1S/C13H13N3O2/c1-8-4-13(12(6-14)10(3)15-8)17-7-11-5-9(2)18-16-11/h4-5H,7H2,1-3H3. The van der Waals surface area contributed by atoms with Crippen molar-refractivity contribution in [3.8, 4) is 11.8 Å². The predicted octanol–water partition coefficient (Wildman–Crippen LogP) is 2.45. The molecule has 2 heterocycles. The Hall–Kier alpha value is -2.35. The summed E-state index contributed by atoms with van der Waals surface area (Å²) in [5.41, 5.74) is 2.64. The maximum absolute atomic E-state index is 9.09. The van der Waals surface area contributed by atoms with E-state index in [-0.39, 0.29) is 6.61 Å². The Morgan fingerprint density at radius 1 is 1.33 bits per heavy atom. The van der Waals surface area contributed by atoms with E-state index in [1.807, 2.05) is 13.8 Å². The molecule has 0 radical (unpaired) electrons. The number of aromatic nitrogens is 2. The molecule has 0 N–H and O–H groups in total. The van der Waals surface area contributed by atoms with E-state index in [1.165, 1.54) is 0 Å². The smallest absolute Gasteiger partial charge is 0.141 e. The zero-order chi connectivity index (χ0) is 13.1. The summed E-state index contributed by atoms with van der Waals surface area (Å²) in [4.78, 5) is 4.23. The minimum absolute atomic E-state index is 0.273. The van der Waals surface area contributed by atoms with Gasteiger partial charge in [0.2, 0.25) is 0 Å². The highest BCUT2D eigenvalue weighted by Gasteiger charge is 2.10. The van der Waals surface area contributed by atoms with Crippen molar-refractivity contribution in [2.24, 2.45) is 0 Å². The number of hydrogen-bond acceptors (Lipinski definition) is 5. The molecule has 0 saturated heterocycles. The first-order valence-electron chi connectivity index (χ1n) is 5.53. The van der Waals surface area contributed by atoms with Crippen molar-refractivity contribution in [1.82, 2.24) is 10.1 Å². The third kappa shape index (κ3) is 2.48. The Balaban J connectivity index is 2.21. The number of nitrogens with zero attached hydrogens (tertiary/aromatic N) is 3. The van der Waals surface area contributed by atoms with Crippen LogP contribution in [0.3, 0.4) is 0 Å². The van der Waals surface area contributed by atoms with Crippen LogP contribution < -0.4 is 4.74 Å². The molecule has 2 aromatic heterocycles. The van der Waals surface area contributed by atoms with Crippen molar-refractivity contribution >= 4 is 0 Å². The Kier molecular flexibility index (Phi) is 3.28. The van der Waals surface area contributed by atoms with E-state index in [1.54, 1.807) is 19.1 Å². The lowest BCUT2D eigenvalue weighted by atomic mass is 10.2. The fourth-order valence-electron chi connectivity index (χ4n) is 1.68. The average molecular weight is 243 g/mol. The molecular formula is C13H13N3O2. The lowest BCUT2D eigenvalue weighted by Gasteiger charge is -2.08. The van der Waals surface area contributed by atoms with Crippen LogP contribution in [0.15, 0.2) is 16.7 Å². The molecule has 0 saturated carbocycles. The lowest BCUT2D eigenvalue weighted by molar-refractivity contribution is 0.286. The summed E-state index contributed by atoms with van der Waals surface area (Å²) in [7, 11) is 0. The third-order valence-electron chi connectivity index (χ3n) is 2.46. The molecule has 0 bridgehead atoms. The van der Waals surface area contributed by atoms with Gasteiger partial charge in [0.05, 0.1) is 5.69 Å². The summed E-state index contributed by atoms with van der Waals surface area (Å²) in [5, 5.41) is 12.9. The normalized spacial score (nSPS) is 10.1. The molecule has 0 aliphatic rings. The number of hydrogen-bond donors (Lipinski definition) is 0. The van der Waals surface area contributed by atoms with Crippen LogP contribution in [0, 0.1) is 32.1 Å². The molecule has 2 rings (SSSR count). The van der Waals surface area contributed by atoms with Crippen molar-refractivity contribution in [2.45, 2.75) is 27.4 Å². The SMILES string of the molecule is Cc1cc(OCc2cc(C)on2)c(C#N)c(C)n1. The van der Waals surface area contributed by atoms with Crippen LogP contribution in [-0.2, 0) is 6.61 Å². The van der Waals surface area contributed by atoms with Crippen LogP contribution in [0.4, 0.5) is 0 Å². The molecule has 0 spiro atoms. The first kappa shape index (κ1) is 12.1. The summed E-state index contributed by atoms with van der Waals surface area (Å²) < 4.78 is 10.6. The molecule has 2 aromatic rings. The van der Waals surface area contributed by atoms with Crippen LogP contribution in [-0.4, -0.2) is 10.1 Å². The van der Waals surface area contributed by atoms with Crippen molar-refractivity contribution in [1.29, 1.82) is 5.26 Å². The average Bonchev–Trinajstić information content (AvgIpc) is 2.72. The zero-order valence-electron chi connectivity index (χ0n) is 10.5. The van der Waals surface area contributed by atoms with Gasteiger partial charge in [0.1, 0.15) is 35.4 Å². The molecule has 0 amide bonds. The molecular weight excluding hydrogens is 230 g/mol. The van der Waals surface area contributed by atoms with Gasteiger partial charge in [-0.2, -0.15) is 5.26 Å². The molecule has 18 heavy (non-hydrogen) atoms. The van der Waals surface area contributed by atoms with Crippen molar-refractivity contribution in [2.75, 3.05) is 0 Å². The van der Waals surface area contributed by atoms with Gasteiger partial charge in [0.25, 0.3) is 0 Å². The highest BCUT2D eigenvalue weighted by Crippen LogP contribution is 2.22. The number of pyridine rings is 1. The lowest BCUT2D eigenvalue weighted by Crippen LogP contribution is -2.01. The molecule has 0 atom stereocenters. The number of ether oxygens (including phenoxy) is 1. The summed E-state index contributed by atoms with van der Waals surface area (Å²) in [6.45, 7) is 5.74. The molecule has 92 valence electrons. The summed E-state index contributed by atoms with van der Waals surface area (Å²) in [5.74, 6) is 1.26. The molecule has 0 aliphatic carbocycles. The van der Waals surface area contributed by atoms with E-state index >= 15 is 0 Å². The van der Waals surface area contributed by atoms with Gasteiger partial charge in [-0.15, -0.1) is 0 Å². The van der Waals surface area contributed by atoms with Gasteiger partial charge in [0.15, 0.2) is 0 Å². The largest absolute Gasteiger partial charge is 0.486 e. The highest BCUT2D eigenvalue weighted by molar-refractivity contribution is 5.46. The maximum atomic E-state index is 9.09. The van der Waals surface area contributed by atoms with Crippen molar-refractivity contribution < 1.29 is 9.26 Å². The van der Waals surface area contributed by atoms with E-state index in [4.69, 9.17) is 14.5 Å². The minimum Gasteiger partial charge on any atom is -0.486 e. The second-order valence-corrected chi connectivity index (χ2v) is 4.05. The van der Waals surface area contributed by atoms with Gasteiger partial charge in [-0.3, -0.25) is 4.98 Å². The predicted molar refractivity (Wildman–Crippen MR) is 64.0 cm³/mol. The molecule has 5 heteroatoms. The van der Waals surface area contributed by atoms with Gasteiger partial charge in [-0.05, 0) is 20.8 Å². The van der Waals surface area contributed by atoms with E-state index in [2.05, 4.69) is 16.2 Å². The Labute approximate surface area is 105 Å². The summed E-state index contributed by atoms with van der Waals surface area (Å²) >= 11 is 0. The second kappa shape index (κ2) is 4.88. The molecule has 0 unspecified atom stereocenters.